The number of benzene rings is 3. The normalized spacial score (nSPS) is 20.0. The van der Waals surface area contributed by atoms with Crippen molar-refractivity contribution in [3.05, 3.63) is 112 Å². The summed E-state index contributed by atoms with van der Waals surface area (Å²) in [7, 11) is 0. The number of fused-ring (bicyclic) bond motifs is 4. The van der Waals surface area contributed by atoms with Gasteiger partial charge in [-0.1, -0.05) is 64.5 Å². The number of imide groups is 1. The molecule has 0 saturated carbocycles. The van der Waals surface area contributed by atoms with E-state index in [9.17, 15) is 14.4 Å². The molecule has 4 nitrogen and oxygen atoms in total. The van der Waals surface area contributed by atoms with E-state index in [1.165, 1.54) is 11.0 Å². The van der Waals surface area contributed by atoms with Crippen molar-refractivity contribution < 1.29 is 14.4 Å². The first kappa shape index (κ1) is 17.8. The first-order valence-electron chi connectivity index (χ1n) is 9.11. The van der Waals surface area contributed by atoms with Crippen LogP contribution in [0, 0.1) is 0 Å². The van der Waals surface area contributed by atoms with Crippen LogP contribution in [0.5, 0.6) is 0 Å². The Bertz CT molecular complexity index is 1230. The van der Waals surface area contributed by atoms with E-state index in [4.69, 9.17) is 0 Å². The molecule has 0 radical (unpaired) electrons. The molecule has 29 heavy (non-hydrogen) atoms. The van der Waals surface area contributed by atoms with E-state index in [-0.39, 0.29) is 17.6 Å². The Hall–Kier alpha value is -3.31. The predicted octanol–water partition coefficient (Wildman–Crippen LogP) is 4.67. The topological polar surface area (TPSA) is 54.5 Å². The highest BCUT2D eigenvalue weighted by Crippen LogP contribution is 2.46. The van der Waals surface area contributed by atoms with Gasteiger partial charge in [0.2, 0.25) is 0 Å². The highest BCUT2D eigenvalue weighted by Gasteiger charge is 2.53. The van der Waals surface area contributed by atoms with Gasteiger partial charge in [0.1, 0.15) is 5.41 Å². The van der Waals surface area contributed by atoms with Crippen LogP contribution in [-0.2, 0) is 10.2 Å². The molecule has 0 fully saturated rings. The maximum Gasteiger partial charge on any atom is 0.265 e. The van der Waals surface area contributed by atoms with Crippen molar-refractivity contribution in [2.45, 2.75) is 5.41 Å². The van der Waals surface area contributed by atoms with E-state index < -0.39 is 5.41 Å². The zero-order valence-corrected chi connectivity index (χ0v) is 16.7. The molecule has 1 aliphatic carbocycles. The molecular formula is C24H14BrNO3. The predicted molar refractivity (Wildman–Crippen MR) is 113 cm³/mol. The number of carbonyl (C=O) groups is 3. The first-order chi connectivity index (χ1) is 14.0. The lowest BCUT2D eigenvalue weighted by molar-refractivity contribution is -0.121. The van der Waals surface area contributed by atoms with Crippen molar-refractivity contribution in [1.29, 1.82) is 0 Å². The molecule has 3 aromatic carbocycles. The van der Waals surface area contributed by atoms with Gasteiger partial charge in [-0.3, -0.25) is 14.4 Å². The van der Waals surface area contributed by atoms with Crippen LogP contribution >= 0.6 is 15.9 Å². The van der Waals surface area contributed by atoms with Gasteiger partial charge in [-0.05, 0) is 47.5 Å². The summed E-state index contributed by atoms with van der Waals surface area (Å²) in [6, 6.07) is 21.2. The average Bonchev–Trinajstić information content (AvgIpc) is 2.75. The van der Waals surface area contributed by atoms with Crippen molar-refractivity contribution in [3.8, 4) is 0 Å². The third kappa shape index (κ3) is 2.41. The fourth-order valence-corrected chi connectivity index (χ4v) is 4.45. The lowest BCUT2D eigenvalue weighted by Crippen LogP contribution is -2.55. The van der Waals surface area contributed by atoms with Gasteiger partial charge in [0.05, 0.1) is 5.69 Å². The molecule has 0 N–H and O–H groups in total. The highest BCUT2D eigenvalue weighted by atomic mass is 79.9. The van der Waals surface area contributed by atoms with Crippen molar-refractivity contribution >= 4 is 39.2 Å². The molecule has 1 atom stereocenters. The molecule has 5 heteroatoms. The number of hydrogen-bond acceptors (Lipinski definition) is 3. The maximum absolute atomic E-state index is 14.0. The second-order valence-electron chi connectivity index (χ2n) is 7.02. The molecule has 0 bridgehead atoms. The summed E-state index contributed by atoms with van der Waals surface area (Å²) in [4.78, 5) is 41.0. The van der Waals surface area contributed by atoms with Gasteiger partial charge in [0, 0.05) is 15.6 Å². The molecule has 2 aliphatic rings. The van der Waals surface area contributed by atoms with Crippen LogP contribution in [0.3, 0.4) is 0 Å². The number of halogens is 1. The minimum atomic E-state index is -1.23. The molecule has 1 heterocycles. The Labute approximate surface area is 175 Å². The van der Waals surface area contributed by atoms with E-state index in [1.54, 1.807) is 66.7 Å². The van der Waals surface area contributed by atoms with Gasteiger partial charge in [-0.25, -0.2) is 4.90 Å². The maximum atomic E-state index is 14.0. The second kappa shape index (κ2) is 6.36. The summed E-state index contributed by atoms with van der Waals surface area (Å²) in [6.07, 6.45) is 3.07. The molecular weight excluding hydrogens is 430 g/mol. The van der Waals surface area contributed by atoms with Gasteiger partial charge < -0.3 is 0 Å². The minimum absolute atomic E-state index is 0.149. The number of anilines is 1. The number of hydrogen-bond donors (Lipinski definition) is 0. The number of rotatable bonds is 1. The van der Waals surface area contributed by atoms with Crippen LogP contribution in [0.15, 0.2) is 89.4 Å². The van der Waals surface area contributed by atoms with Gasteiger partial charge in [0.25, 0.3) is 11.8 Å². The molecule has 0 aromatic heterocycles. The summed E-state index contributed by atoms with van der Waals surface area (Å²) >= 11 is 3.39. The third-order valence-corrected chi connectivity index (χ3v) is 6.04. The van der Waals surface area contributed by atoms with Crippen LogP contribution in [-0.4, -0.2) is 17.6 Å². The number of carbonyl (C=O) groups excluding carboxylic acids is 3. The second-order valence-corrected chi connectivity index (χ2v) is 7.93. The summed E-state index contributed by atoms with van der Waals surface area (Å²) in [5.74, 6) is -0.912. The number of allylic oxidation sites excluding steroid dienone is 1. The lowest BCUT2D eigenvalue weighted by Gasteiger charge is -2.42. The number of nitrogens with zero attached hydrogens (tertiary/aromatic N) is 1. The smallest absolute Gasteiger partial charge is 0.265 e. The van der Waals surface area contributed by atoms with Crippen LogP contribution in [0.4, 0.5) is 5.69 Å². The average molecular weight is 444 g/mol. The summed E-state index contributed by atoms with van der Waals surface area (Å²) in [5.41, 5.74) is 1.37. The largest absolute Gasteiger partial charge is 0.289 e. The monoisotopic (exact) mass is 443 g/mol. The zero-order chi connectivity index (χ0) is 20.2. The summed E-state index contributed by atoms with van der Waals surface area (Å²) < 4.78 is 0.849. The van der Waals surface area contributed by atoms with Crippen LogP contribution < -0.4 is 4.90 Å². The van der Waals surface area contributed by atoms with Crippen molar-refractivity contribution in [2.75, 3.05) is 4.90 Å². The number of ketones is 1. The van der Waals surface area contributed by atoms with Gasteiger partial charge >= 0.3 is 0 Å². The standard InChI is InChI=1S/C24H14BrNO3/c25-15-9-11-16(12-10-15)26-22(28)18-6-2-4-8-20(18)24(23(26)29)14-13-21(27)17-5-1-3-7-19(17)24/h1-14H. The molecule has 1 aliphatic heterocycles. The van der Waals surface area contributed by atoms with E-state index in [1.807, 2.05) is 12.1 Å². The molecule has 0 saturated heterocycles. The molecule has 3 aromatic rings. The van der Waals surface area contributed by atoms with E-state index in [0.717, 1.165) is 4.47 Å². The number of amides is 2. The van der Waals surface area contributed by atoms with E-state index in [2.05, 4.69) is 15.9 Å². The van der Waals surface area contributed by atoms with Crippen molar-refractivity contribution in [1.82, 2.24) is 0 Å². The van der Waals surface area contributed by atoms with Crippen LogP contribution in [0.1, 0.15) is 31.8 Å². The fourth-order valence-electron chi connectivity index (χ4n) is 4.19. The van der Waals surface area contributed by atoms with Gasteiger partial charge in [-0.15, -0.1) is 0 Å². The molecule has 1 unspecified atom stereocenters. The Balaban J connectivity index is 1.84. The molecule has 1 spiro atoms. The SMILES string of the molecule is O=C1C=CC2(C(=O)N(c3ccc(Br)cc3)C(=O)c3ccccc32)c2ccccc21. The van der Waals surface area contributed by atoms with E-state index in [0.29, 0.717) is 27.9 Å². The molecule has 2 amide bonds. The van der Waals surface area contributed by atoms with Crippen molar-refractivity contribution in [3.63, 3.8) is 0 Å². The third-order valence-electron chi connectivity index (χ3n) is 5.51. The lowest BCUT2D eigenvalue weighted by atomic mass is 9.65. The summed E-state index contributed by atoms with van der Waals surface area (Å²) in [5, 5.41) is 0. The van der Waals surface area contributed by atoms with Crippen LogP contribution in [0.2, 0.25) is 0 Å². The highest BCUT2D eigenvalue weighted by molar-refractivity contribution is 9.10. The fraction of sp³-hybridized carbons (Fsp3) is 0.0417. The van der Waals surface area contributed by atoms with Crippen molar-refractivity contribution in [2.24, 2.45) is 0 Å². The quantitative estimate of drug-likeness (QED) is 0.513. The van der Waals surface area contributed by atoms with E-state index >= 15 is 0 Å². The minimum Gasteiger partial charge on any atom is -0.289 e. The Morgan fingerprint density at radius 2 is 1.31 bits per heavy atom. The molecule has 5 rings (SSSR count). The summed E-state index contributed by atoms with van der Waals surface area (Å²) in [6.45, 7) is 0. The zero-order valence-electron chi connectivity index (χ0n) is 15.1. The Morgan fingerprint density at radius 3 is 2.00 bits per heavy atom. The van der Waals surface area contributed by atoms with Gasteiger partial charge in [-0.2, -0.15) is 0 Å². The molecule has 140 valence electrons. The van der Waals surface area contributed by atoms with Crippen LogP contribution in [0.25, 0.3) is 0 Å². The Morgan fingerprint density at radius 1 is 0.724 bits per heavy atom. The Kier molecular flexibility index (Phi) is 3.89. The van der Waals surface area contributed by atoms with Gasteiger partial charge in [0.15, 0.2) is 5.78 Å². The first-order valence-corrected chi connectivity index (χ1v) is 9.90.